The lowest BCUT2D eigenvalue weighted by Crippen LogP contribution is -2.41. The number of amides is 2. The van der Waals surface area contributed by atoms with E-state index in [0.717, 1.165) is 62.8 Å². The summed E-state index contributed by atoms with van der Waals surface area (Å²) in [6, 6.07) is 15.5. The fourth-order valence-electron chi connectivity index (χ4n) is 4.30. The van der Waals surface area contributed by atoms with E-state index in [9.17, 15) is 9.59 Å². The fraction of sp³-hybridized carbons (Fsp3) is 0.344. The summed E-state index contributed by atoms with van der Waals surface area (Å²) in [6.45, 7) is 14.3. The monoisotopic (exact) mass is 622 g/mol. The first-order chi connectivity index (χ1) is 20.9. The number of carbonyl (C=O) groups excluding carboxylic acids is 2. The van der Waals surface area contributed by atoms with E-state index < -0.39 is 0 Å². The minimum absolute atomic E-state index is 0.0249. The highest BCUT2D eigenvalue weighted by Gasteiger charge is 2.24. The van der Waals surface area contributed by atoms with Gasteiger partial charge in [0.25, 0.3) is 5.91 Å². The van der Waals surface area contributed by atoms with Gasteiger partial charge in [0.05, 0.1) is 36.2 Å². The quantitative estimate of drug-likeness (QED) is 0.198. The van der Waals surface area contributed by atoms with Gasteiger partial charge in [-0.05, 0) is 57.5 Å². The molecule has 0 bridgehead atoms. The standard InChI is InChI=1S/C17H20N2OS2.C15H22N4O2/c1-4-13-14(5-2)22-17(19-13)15(21-3)16(20)18-11-12-9-7-6-8-10-12;1-3-17-13-5-4-12(10-14(13)16-2)18-15(20)11-19-6-8-21-9-7-19/h4-10,19H,11H2,1-3H3,(H,18,20);4-5,10,17H,2-3,6-9,11H2,1H3,(H,18,20)/b13-4+,14-5+,17-15-;. The van der Waals surface area contributed by atoms with Crippen LogP contribution in [0.4, 0.5) is 17.1 Å². The lowest BCUT2D eigenvalue weighted by molar-refractivity contribution is -0.118. The lowest BCUT2D eigenvalue weighted by atomic mass is 10.2. The van der Waals surface area contributed by atoms with Gasteiger partial charge in [-0.2, -0.15) is 0 Å². The van der Waals surface area contributed by atoms with Gasteiger partial charge >= 0.3 is 0 Å². The number of hydrogen-bond donors (Lipinski definition) is 4. The maximum absolute atomic E-state index is 12.4. The van der Waals surface area contributed by atoms with Crippen LogP contribution in [-0.2, 0) is 20.9 Å². The predicted octanol–water partition coefficient (Wildman–Crippen LogP) is 5.70. The van der Waals surface area contributed by atoms with E-state index in [1.54, 1.807) is 11.8 Å². The SMILES string of the molecule is C/C=C1/N/C(=C(/SC)C(=O)NCc2ccccc2)S/C1=C/C.C=Nc1cc(NC(=O)CN2CCOCC2)ccc1NCC. The zero-order valence-corrected chi connectivity index (χ0v) is 27.0. The Labute approximate surface area is 263 Å². The topological polar surface area (TPSA) is 107 Å². The molecule has 0 aromatic heterocycles. The van der Waals surface area contributed by atoms with Gasteiger partial charge in [0, 0.05) is 42.5 Å². The van der Waals surface area contributed by atoms with Gasteiger partial charge in [0.2, 0.25) is 5.91 Å². The highest BCUT2D eigenvalue weighted by Crippen LogP contribution is 2.40. The molecule has 43 heavy (non-hydrogen) atoms. The number of anilines is 2. The van der Waals surface area contributed by atoms with Crippen molar-refractivity contribution in [1.29, 1.82) is 0 Å². The number of thioether (sulfide) groups is 2. The Morgan fingerprint density at radius 3 is 2.49 bits per heavy atom. The Morgan fingerprint density at radius 1 is 1.14 bits per heavy atom. The summed E-state index contributed by atoms with van der Waals surface area (Å²) < 4.78 is 5.27. The van der Waals surface area contributed by atoms with Gasteiger partial charge < -0.3 is 26.0 Å². The van der Waals surface area contributed by atoms with Crippen molar-refractivity contribution in [2.24, 2.45) is 4.99 Å². The van der Waals surface area contributed by atoms with Crippen LogP contribution in [0.5, 0.6) is 0 Å². The van der Waals surface area contributed by atoms with Crippen molar-refractivity contribution >= 4 is 59.1 Å². The molecule has 2 aliphatic heterocycles. The molecule has 4 N–H and O–H groups in total. The summed E-state index contributed by atoms with van der Waals surface area (Å²) in [7, 11) is 0. The van der Waals surface area contributed by atoms with Crippen LogP contribution in [0.3, 0.4) is 0 Å². The number of hydrogen-bond acceptors (Lipinski definition) is 9. The maximum Gasteiger partial charge on any atom is 0.260 e. The minimum Gasteiger partial charge on any atom is -0.384 e. The third-order valence-electron chi connectivity index (χ3n) is 6.48. The zero-order chi connectivity index (χ0) is 31.0. The normalized spacial score (nSPS) is 17.9. The zero-order valence-electron chi connectivity index (χ0n) is 25.4. The Bertz CT molecular complexity index is 1320. The van der Waals surface area contributed by atoms with Crippen LogP contribution in [0.25, 0.3) is 0 Å². The number of benzene rings is 2. The number of ether oxygens (including phenoxy) is 1. The molecule has 0 spiro atoms. The number of allylic oxidation sites excluding steroid dienone is 2. The van der Waals surface area contributed by atoms with Gasteiger partial charge in [-0.15, -0.1) is 11.8 Å². The molecule has 9 nitrogen and oxygen atoms in total. The second-order valence-electron chi connectivity index (χ2n) is 9.47. The molecule has 0 unspecified atom stereocenters. The fourth-order valence-corrected chi connectivity index (χ4v) is 6.13. The summed E-state index contributed by atoms with van der Waals surface area (Å²) in [5, 5.41) is 13.3. The summed E-state index contributed by atoms with van der Waals surface area (Å²) in [5.74, 6) is -0.0673. The van der Waals surface area contributed by atoms with E-state index in [4.69, 9.17) is 4.74 Å². The van der Waals surface area contributed by atoms with Gasteiger partial charge in [-0.1, -0.05) is 54.2 Å². The molecular formula is C32H42N6O3S2. The molecule has 2 heterocycles. The van der Waals surface area contributed by atoms with Crippen molar-refractivity contribution in [2.45, 2.75) is 27.3 Å². The highest BCUT2D eigenvalue weighted by molar-refractivity contribution is 8.09. The summed E-state index contributed by atoms with van der Waals surface area (Å²) in [5.41, 5.74) is 4.54. The van der Waals surface area contributed by atoms with Crippen LogP contribution in [0.1, 0.15) is 26.3 Å². The van der Waals surface area contributed by atoms with Crippen molar-refractivity contribution < 1.29 is 14.3 Å². The molecule has 2 saturated heterocycles. The summed E-state index contributed by atoms with van der Waals surface area (Å²) in [4.78, 5) is 32.4. The van der Waals surface area contributed by atoms with Crippen LogP contribution in [0, 0.1) is 0 Å². The molecule has 2 aromatic rings. The van der Waals surface area contributed by atoms with Gasteiger partial charge in [0.15, 0.2) is 0 Å². The molecule has 4 rings (SSSR count). The van der Waals surface area contributed by atoms with Crippen molar-refractivity contribution in [1.82, 2.24) is 15.5 Å². The maximum atomic E-state index is 12.4. The van der Waals surface area contributed by atoms with Crippen molar-refractivity contribution in [2.75, 3.05) is 56.3 Å². The van der Waals surface area contributed by atoms with Crippen molar-refractivity contribution in [3.05, 3.63) is 86.8 Å². The third-order valence-corrected chi connectivity index (χ3v) is 8.59. The van der Waals surface area contributed by atoms with Crippen LogP contribution in [0.15, 0.2) is 86.2 Å². The van der Waals surface area contributed by atoms with Crippen LogP contribution in [-0.4, -0.2) is 69.1 Å². The largest absolute Gasteiger partial charge is 0.384 e. The number of carbonyl (C=O) groups is 2. The Kier molecular flexibility index (Phi) is 14.4. The molecule has 230 valence electrons. The number of aliphatic imine (C=N–C) groups is 1. The first kappa shape index (κ1) is 34.0. The van der Waals surface area contributed by atoms with Crippen LogP contribution in [0.2, 0.25) is 0 Å². The Morgan fingerprint density at radius 2 is 1.88 bits per heavy atom. The second-order valence-corrected chi connectivity index (χ2v) is 11.3. The molecule has 2 amide bonds. The van der Waals surface area contributed by atoms with E-state index >= 15 is 0 Å². The Hall–Kier alpha value is -3.51. The summed E-state index contributed by atoms with van der Waals surface area (Å²) >= 11 is 3.07. The molecule has 11 heteroatoms. The first-order valence-corrected chi connectivity index (χ1v) is 16.3. The number of morpholine rings is 1. The highest BCUT2D eigenvalue weighted by atomic mass is 32.2. The molecular weight excluding hydrogens is 581 g/mol. The second kappa shape index (κ2) is 18.2. The van der Waals surface area contributed by atoms with Crippen LogP contribution < -0.4 is 21.3 Å². The predicted molar refractivity (Wildman–Crippen MR) is 183 cm³/mol. The molecule has 0 saturated carbocycles. The smallest absolute Gasteiger partial charge is 0.260 e. The van der Waals surface area contributed by atoms with E-state index in [1.807, 2.05) is 81.6 Å². The average molecular weight is 623 g/mol. The van der Waals surface area contributed by atoms with Gasteiger partial charge in [0.1, 0.15) is 4.91 Å². The number of rotatable bonds is 10. The minimum atomic E-state index is -0.0424. The molecule has 2 fully saturated rings. The molecule has 2 aromatic carbocycles. The van der Waals surface area contributed by atoms with Crippen molar-refractivity contribution in [3.63, 3.8) is 0 Å². The Balaban J connectivity index is 0.000000236. The van der Waals surface area contributed by atoms with E-state index in [2.05, 4.69) is 44.0 Å². The molecule has 0 atom stereocenters. The number of nitrogens with one attached hydrogen (secondary N) is 4. The van der Waals surface area contributed by atoms with Crippen LogP contribution >= 0.6 is 23.5 Å². The van der Waals surface area contributed by atoms with Crippen molar-refractivity contribution in [3.8, 4) is 0 Å². The van der Waals surface area contributed by atoms with Gasteiger partial charge in [-0.3, -0.25) is 19.5 Å². The van der Waals surface area contributed by atoms with E-state index in [1.165, 1.54) is 11.8 Å². The molecule has 0 aliphatic carbocycles. The van der Waals surface area contributed by atoms with E-state index in [0.29, 0.717) is 26.3 Å². The summed E-state index contributed by atoms with van der Waals surface area (Å²) in [6.07, 6.45) is 6.00. The first-order valence-electron chi connectivity index (χ1n) is 14.2. The number of nitrogens with zero attached hydrogens (tertiary/aromatic N) is 2. The third kappa shape index (κ3) is 10.6. The molecule has 2 aliphatic rings. The molecule has 0 radical (unpaired) electrons. The van der Waals surface area contributed by atoms with E-state index in [-0.39, 0.29) is 11.8 Å². The van der Waals surface area contributed by atoms with Gasteiger partial charge in [-0.25, -0.2) is 0 Å². The average Bonchev–Trinajstić information content (AvgIpc) is 3.45. The lowest BCUT2D eigenvalue weighted by Gasteiger charge is -2.25.